The number of nitrogens with zero attached hydrogens (tertiary/aromatic N) is 1. The fraction of sp³-hybridized carbons (Fsp3) is 0.235. The molecule has 0 saturated carbocycles. The fourth-order valence-corrected chi connectivity index (χ4v) is 2.29. The average molecular weight is 381 g/mol. The molecule has 4 N–H and O–H groups in total. The first-order chi connectivity index (χ1) is 12.4. The van der Waals surface area contributed by atoms with E-state index in [1.165, 1.54) is 0 Å². The Morgan fingerprint density at radius 3 is 2.58 bits per heavy atom. The number of pyridine rings is 1. The number of amides is 1. The summed E-state index contributed by atoms with van der Waals surface area (Å²) in [5.41, 5.74) is 0.552. The van der Waals surface area contributed by atoms with E-state index in [1.807, 2.05) is 6.07 Å². The Hall–Kier alpha value is -2.68. The van der Waals surface area contributed by atoms with Gasteiger partial charge in [-0.2, -0.15) is 0 Å². The lowest BCUT2D eigenvalue weighted by molar-refractivity contribution is 0.0182. The third-order valence-electron chi connectivity index (χ3n) is 3.46. The Bertz CT molecular complexity index is 771. The number of alkyl carbamates (subject to hydrolysis) is 1. The van der Waals surface area contributed by atoms with Crippen molar-refractivity contribution in [3.05, 3.63) is 64.4 Å². The van der Waals surface area contributed by atoms with Crippen molar-refractivity contribution in [1.82, 2.24) is 10.3 Å². The molecular formula is C17H17ClN2O6. The van der Waals surface area contributed by atoms with Gasteiger partial charge >= 0.3 is 12.1 Å². The zero-order valence-corrected chi connectivity index (χ0v) is 14.3. The second kappa shape index (κ2) is 9.14. The number of aliphatic hydroxyl groups is 2. The van der Waals surface area contributed by atoms with Crippen LogP contribution in [-0.2, 0) is 11.3 Å². The molecular weight excluding hydrogens is 364 g/mol. The van der Waals surface area contributed by atoms with E-state index in [-0.39, 0.29) is 29.4 Å². The van der Waals surface area contributed by atoms with Gasteiger partial charge in [0.15, 0.2) is 0 Å². The second-order valence-electron chi connectivity index (χ2n) is 5.36. The molecule has 0 aliphatic carbocycles. The zero-order chi connectivity index (χ0) is 19.1. The number of rotatable bonds is 7. The van der Waals surface area contributed by atoms with Crippen LogP contribution in [0.2, 0.25) is 5.15 Å². The van der Waals surface area contributed by atoms with Gasteiger partial charge in [0, 0.05) is 18.3 Å². The molecule has 8 nitrogen and oxygen atoms in total. The van der Waals surface area contributed by atoms with E-state index < -0.39 is 24.3 Å². The second-order valence-corrected chi connectivity index (χ2v) is 5.72. The van der Waals surface area contributed by atoms with Gasteiger partial charge in [-0.3, -0.25) is 0 Å². The van der Waals surface area contributed by atoms with E-state index in [0.717, 1.165) is 17.8 Å². The van der Waals surface area contributed by atoms with Gasteiger partial charge in [-0.15, -0.1) is 0 Å². The quantitative estimate of drug-likeness (QED) is 0.538. The van der Waals surface area contributed by atoms with Crippen molar-refractivity contribution in [3.63, 3.8) is 0 Å². The Labute approximate surface area is 154 Å². The van der Waals surface area contributed by atoms with Crippen molar-refractivity contribution in [2.75, 3.05) is 6.54 Å². The number of benzene rings is 1. The van der Waals surface area contributed by atoms with Crippen LogP contribution in [0.15, 0.2) is 42.6 Å². The number of aromatic carboxylic acids is 1. The Balaban J connectivity index is 1.88. The number of carboxylic acids is 1. The number of halogens is 1. The molecule has 0 saturated heterocycles. The summed E-state index contributed by atoms with van der Waals surface area (Å²) >= 11 is 5.83. The van der Waals surface area contributed by atoms with Crippen LogP contribution in [0, 0.1) is 0 Å². The van der Waals surface area contributed by atoms with Crippen LogP contribution in [0.25, 0.3) is 0 Å². The van der Waals surface area contributed by atoms with Crippen molar-refractivity contribution < 1.29 is 29.6 Å². The molecule has 0 bridgehead atoms. The number of carboxylic acid groups (broad SMARTS) is 1. The first kappa shape index (κ1) is 19.6. The molecule has 2 atom stereocenters. The molecule has 1 heterocycles. The summed E-state index contributed by atoms with van der Waals surface area (Å²) in [5.74, 6) is -1.25. The standard InChI is InChI=1S/C17H17ClN2O6/c18-15-12(6-11(7-19-15)16(23)24)14(22)13(21)8-20-17(25)26-9-10-4-2-1-3-5-10/h1-7,13-14,21-22H,8-9H2,(H,20,25)(H,23,24). The largest absolute Gasteiger partial charge is 0.478 e. The molecule has 2 rings (SSSR count). The van der Waals surface area contributed by atoms with Gasteiger partial charge in [0.25, 0.3) is 0 Å². The number of carbonyl (C=O) groups excluding carboxylic acids is 1. The van der Waals surface area contributed by atoms with Crippen molar-refractivity contribution in [3.8, 4) is 0 Å². The summed E-state index contributed by atoms with van der Waals surface area (Å²) in [5, 5.41) is 31.3. The Kier molecular flexibility index (Phi) is 6.90. The minimum absolute atomic E-state index is 0.0569. The Morgan fingerprint density at radius 2 is 1.92 bits per heavy atom. The normalized spacial score (nSPS) is 12.9. The minimum atomic E-state index is -1.54. The molecule has 9 heteroatoms. The number of hydrogen-bond acceptors (Lipinski definition) is 6. The van der Waals surface area contributed by atoms with Crippen LogP contribution >= 0.6 is 11.6 Å². The molecule has 1 aromatic heterocycles. The van der Waals surface area contributed by atoms with Gasteiger partial charge in [-0.05, 0) is 11.6 Å². The van der Waals surface area contributed by atoms with Crippen molar-refractivity contribution in [1.29, 1.82) is 0 Å². The van der Waals surface area contributed by atoms with Crippen molar-refractivity contribution >= 4 is 23.7 Å². The molecule has 0 aliphatic heterocycles. The van der Waals surface area contributed by atoms with Gasteiger partial charge in [0.1, 0.15) is 24.0 Å². The highest BCUT2D eigenvalue weighted by Gasteiger charge is 2.23. The van der Waals surface area contributed by atoms with E-state index in [2.05, 4.69) is 10.3 Å². The van der Waals surface area contributed by atoms with Gasteiger partial charge in [-0.1, -0.05) is 41.9 Å². The lowest BCUT2D eigenvalue weighted by Gasteiger charge is -2.19. The SMILES string of the molecule is O=C(NCC(O)C(O)c1cc(C(=O)O)cnc1Cl)OCc1ccccc1. The number of nitrogens with one attached hydrogen (secondary N) is 1. The summed E-state index contributed by atoms with van der Waals surface area (Å²) in [7, 11) is 0. The molecule has 0 aliphatic rings. The van der Waals surface area contributed by atoms with Crippen molar-refractivity contribution in [2.24, 2.45) is 0 Å². The van der Waals surface area contributed by atoms with Crippen LogP contribution in [-0.4, -0.2) is 45.0 Å². The predicted molar refractivity (Wildman–Crippen MR) is 91.8 cm³/mol. The highest BCUT2D eigenvalue weighted by atomic mass is 35.5. The minimum Gasteiger partial charge on any atom is -0.478 e. The molecule has 1 amide bonds. The molecule has 0 fully saturated rings. The zero-order valence-electron chi connectivity index (χ0n) is 13.5. The summed E-state index contributed by atoms with van der Waals surface area (Å²) < 4.78 is 4.98. The van der Waals surface area contributed by atoms with Crippen LogP contribution in [0.5, 0.6) is 0 Å². The highest BCUT2D eigenvalue weighted by molar-refractivity contribution is 6.30. The van der Waals surface area contributed by atoms with Gasteiger partial charge in [0.2, 0.25) is 0 Å². The van der Waals surface area contributed by atoms with E-state index in [0.29, 0.717) is 0 Å². The van der Waals surface area contributed by atoms with Crippen molar-refractivity contribution in [2.45, 2.75) is 18.8 Å². The number of aromatic nitrogens is 1. The summed E-state index contributed by atoms with van der Waals surface area (Å²) in [4.78, 5) is 26.3. The molecule has 2 unspecified atom stereocenters. The molecule has 0 spiro atoms. The number of hydrogen-bond donors (Lipinski definition) is 4. The summed E-state index contributed by atoms with van der Waals surface area (Å²) in [6, 6.07) is 10.1. The molecule has 138 valence electrons. The number of ether oxygens (including phenoxy) is 1. The lowest BCUT2D eigenvalue weighted by atomic mass is 10.0. The maximum absolute atomic E-state index is 11.6. The fourth-order valence-electron chi connectivity index (χ4n) is 2.07. The van der Waals surface area contributed by atoms with Gasteiger partial charge < -0.3 is 25.4 Å². The topological polar surface area (TPSA) is 129 Å². The highest BCUT2D eigenvalue weighted by Crippen LogP contribution is 2.24. The first-order valence-corrected chi connectivity index (χ1v) is 7.95. The monoisotopic (exact) mass is 380 g/mol. The number of carbonyl (C=O) groups is 2. The Morgan fingerprint density at radius 1 is 1.23 bits per heavy atom. The summed E-state index contributed by atoms with van der Waals surface area (Å²) in [6.07, 6.45) is -2.72. The molecule has 26 heavy (non-hydrogen) atoms. The van der Waals surface area contributed by atoms with E-state index >= 15 is 0 Å². The lowest BCUT2D eigenvalue weighted by Crippen LogP contribution is -2.36. The van der Waals surface area contributed by atoms with E-state index in [9.17, 15) is 19.8 Å². The summed E-state index contributed by atoms with van der Waals surface area (Å²) in [6.45, 7) is -0.274. The third-order valence-corrected chi connectivity index (χ3v) is 3.78. The smallest absolute Gasteiger partial charge is 0.407 e. The molecule has 0 radical (unpaired) electrons. The molecule has 2 aromatic rings. The molecule has 1 aromatic carbocycles. The van der Waals surface area contributed by atoms with Crippen LogP contribution in [0.3, 0.4) is 0 Å². The number of aliphatic hydroxyl groups excluding tert-OH is 2. The van der Waals surface area contributed by atoms with E-state index in [1.54, 1.807) is 24.3 Å². The average Bonchev–Trinajstić information content (AvgIpc) is 2.64. The van der Waals surface area contributed by atoms with Crippen LogP contribution in [0.4, 0.5) is 4.79 Å². The maximum Gasteiger partial charge on any atom is 0.407 e. The van der Waals surface area contributed by atoms with Crippen LogP contribution in [0.1, 0.15) is 27.6 Å². The van der Waals surface area contributed by atoms with Gasteiger partial charge in [-0.25, -0.2) is 14.6 Å². The third kappa shape index (κ3) is 5.41. The van der Waals surface area contributed by atoms with E-state index in [4.69, 9.17) is 21.4 Å². The van der Waals surface area contributed by atoms with Crippen LogP contribution < -0.4 is 5.32 Å². The predicted octanol–water partition coefficient (Wildman–Crippen LogP) is 1.75. The maximum atomic E-state index is 11.6. The van der Waals surface area contributed by atoms with Gasteiger partial charge in [0.05, 0.1) is 5.56 Å². The first-order valence-electron chi connectivity index (χ1n) is 7.58.